The fourth-order valence-corrected chi connectivity index (χ4v) is 2.92. The summed E-state index contributed by atoms with van der Waals surface area (Å²) in [4.78, 5) is 4.45. The molecular weight excluding hydrogens is 208 g/mol. The summed E-state index contributed by atoms with van der Waals surface area (Å²) in [5.41, 5.74) is 2.56. The van der Waals surface area contributed by atoms with Crippen LogP contribution in [-0.4, -0.2) is 18.1 Å². The summed E-state index contributed by atoms with van der Waals surface area (Å²) in [6.07, 6.45) is 7.56. The van der Waals surface area contributed by atoms with Gasteiger partial charge in [0, 0.05) is 11.9 Å². The molecule has 2 rings (SSSR count). The SMILES string of the molecule is CCNCC1CCCCC1c1ccc(C)nc1. The van der Waals surface area contributed by atoms with Crippen molar-refractivity contribution in [1.82, 2.24) is 10.3 Å². The third kappa shape index (κ3) is 3.29. The molecule has 0 aliphatic heterocycles. The van der Waals surface area contributed by atoms with Crippen molar-refractivity contribution in [2.45, 2.75) is 45.4 Å². The molecule has 1 N–H and O–H groups in total. The van der Waals surface area contributed by atoms with Crippen molar-refractivity contribution in [3.63, 3.8) is 0 Å². The molecule has 94 valence electrons. The van der Waals surface area contributed by atoms with E-state index in [1.807, 2.05) is 0 Å². The molecule has 1 aliphatic rings. The van der Waals surface area contributed by atoms with Crippen molar-refractivity contribution in [1.29, 1.82) is 0 Å². The molecule has 1 fully saturated rings. The Morgan fingerprint density at radius 3 is 2.82 bits per heavy atom. The molecule has 0 radical (unpaired) electrons. The summed E-state index contributed by atoms with van der Waals surface area (Å²) in [5, 5.41) is 3.51. The molecule has 1 aromatic heterocycles. The van der Waals surface area contributed by atoms with E-state index in [4.69, 9.17) is 0 Å². The molecule has 1 aliphatic carbocycles. The van der Waals surface area contributed by atoms with Crippen molar-refractivity contribution in [3.05, 3.63) is 29.6 Å². The van der Waals surface area contributed by atoms with Gasteiger partial charge in [0.1, 0.15) is 0 Å². The summed E-state index contributed by atoms with van der Waals surface area (Å²) in [6.45, 7) is 6.48. The number of hydrogen-bond donors (Lipinski definition) is 1. The summed E-state index contributed by atoms with van der Waals surface area (Å²) in [5.74, 6) is 1.52. The van der Waals surface area contributed by atoms with Gasteiger partial charge in [-0.1, -0.05) is 25.8 Å². The minimum atomic E-state index is 0.718. The van der Waals surface area contributed by atoms with Crippen molar-refractivity contribution >= 4 is 0 Å². The van der Waals surface area contributed by atoms with Crippen molar-refractivity contribution in [3.8, 4) is 0 Å². The lowest BCUT2D eigenvalue weighted by atomic mass is 9.76. The Morgan fingerprint density at radius 2 is 2.12 bits per heavy atom. The van der Waals surface area contributed by atoms with E-state index >= 15 is 0 Å². The maximum absolute atomic E-state index is 4.45. The zero-order valence-electron chi connectivity index (χ0n) is 11.1. The maximum atomic E-state index is 4.45. The van der Waals surface area contributed by atoms with Gasteiger partial charge in [0.25, 0.3) is 0 Å². The Hall–Kier alpha value is -0.890. The zero-order chi connectivity index (χ0) is 12.1. The van der Waals surface area contributed by atoms with Crippen LogP contribution in [0, 0.1) is 12.8 Å². The quantitative estimate of drug-likeness (QED) is 0.861. The maximum Gasteiger partial charge on any atom is 0.0372 e. The third-order valence-corrected chi connectivity index (χ3v) is 3.93. The van der Waals surface area contributed by atoms with E-state index in [0.29, 0.717) is 0 Å². The second-order valence-electron chi connectivity index (χ2n) is 5.19. The minimum Gasteiger partial charge on any atom is -0.317 e. The highest BCUT2D eigenvalue weighted by Gasteiger charge is 2.26. The smallest absolute Gasteiger partial charge is 0.0372 e. The van der Waals surface area contributed by atoms with Crippen LogP contribution in [0.15, 0.2) is 18.3 Å². The largest absolute Gasteiger partial charge is 0.317 e. The fraction of sp³-hybridized carbons (Fsp3) is 0.667. The van der Waals surface area contributed by atoms with Crippen LogP contribution < -0.4 is 5.32 Å². The highest BCUT2D eigenvalue weighted by atomic mass is 14.8. The van der Waals surface area contributed by atoms with Crippen molar-refractivity contribution in [2.75, 3.05) is 13.1 Å². The van der Waals surface area contributed by atoms with Gasteiger partial charge in [0.2, 0.25) is 0 Å². The van der Waals surface area contributed by atoms with E-state index in [0.717, 1.165) is 30.6 Å². The number of pyridine rings is 1. The van der Waals surface area contributed by atoms with Crippen LogP contribution in [0.25, 0.3) is 0 Å². The van der Waals surface area contributed by atoms with E-state index in [2.05, 4.69) is 42.5 Å². The van der Waals surface area contributed by atoms with Crippen LogP contribution in [0.3, 0.4) is 0 Å². The molecule has 1 aromatic rings. The molecule has 2 atom stereocenters. The molecule has 1 heterocycles. The highest BCUT2D eigenvalue weighted by Crippen LogP contribution is 2.37. The van der Waals surface area contributed by atoms with Crippen LogP contribution in [0.2, 0.25) is 0 Å². The molecule has 1 saturated carbocycles. The van der Waals surface area contributed by atoms with Gasteiger partial charge in [-0.3, -0.25) is 4.98 Å². The van der Waals surface area contributed by atoms with E-state index in [1.54, 1.807) is 0 Å². The predicted molar refractivity (Wildman–Crippen MR) is 72.2 cm³/mol. The highest BCUT2D eigenvalue weighted by molar-refractivity contribution is 5.19. The molecule has 2 heteroatoms. The molecule has 0 aromatic carbocycles. The molecule has 17 heavy (non-hydrogen) atoms. The first-order valence-electron chi connectivity index (χ1n) is 6.94. The first-order chi connectivity index (χ1) is 8.31. The van der Waals surface area contributed by atoms with Crippen LogP contribution in [-0.2, 0) is 0 Å². The van der Waals surface area contributed by atoms with Gasteiger partial charge >= 0.3 is 0 Å². The zero-order valence-corrected chi connectivity index (χ0v) is 11.1. The monoisotopic (exact) mass is 232 g/mol. The number of aryl methyl sites for hydroxylation is 1. The van der Waals surface area contributed by atoms with Crippen LogP contribution in [0.4, 0.5) is 0 Å². The summed E-state index contributed by atoms with van der Waals surface area (Å²) >= 11 is 0. The Morgan fingerprint density at radius 1 is 1.29 bits per heavy atom. The normalized spacial score (nSPS) is 24.8. The second kappa shape index (κ2) is 6.15. The average molecular weight is 232 g/mol. The molecule has 0 bridgehead atoms. The third-order valence-electron chi connectivity index (χ3n) is 3.93. The Kier molecular flexibility index (Phi) is 4.55. The van der Waals surface area contributed by atoms with Crippen LogP contribution in [0.1, 0.15) is 49.8 Å². The fourth-order valence-electron chi connectivity index (χ4n) is 2.92. The first-order valence-corrected chi connectivity index (χ1v) is 6.94. The van der Waals surface area contributed by atoms with E-state index < -0.39 is 0 Å². The Balaban J connectivity index is 2.07. The van der Waals surface area contributed by atoms with Gasteiger partial charge in [-0.15, -0.1) is 0 Å². The van der Waals surface area contributed by atoms with Gasteiger partial charge in [0.05, 0.1) is 0 Å². The lowest BCUT2D eigenvalue weighted by Crippen LogP contribution is -2.29. The molecule has 2 nitrogen and oxygen atoms in total. The number of nitrogens with one attached hydrogen (secondary N) is 1. The Bertz CT molecular complexity index is 331. The minimum absolute atomic E-state index is 0.718. The molecule has 2 unspecified atom stereocenters. The van der Waals surface area contributed by atoms with Gasteiger partial charge in [-0.25, -0.2) is 0 Å². The standard InChI is InChI=1S/C15H24N2/c1-3-16-10-13-6-4-5-7-15(13)14-9-8-12(2)17-11-14/h8-9,11,13,15-16H,3-7,10H2,1-2H3. The molecule has 0 amide bonds. The number of aromatic nitrogens is 1. The average Bonchev–Trinajstić information content (AvgIpc) is 2.38. The van der Waals surface area contributed by atoms with Gasteiger partial charge < -0.3 is 5.32 Å². The van der Waals surface area contributed by atoms with Gasteiger partial charge in [-0.05, 0) is 56.3 Å². The van der Waals surface area contributed by atoms with Crippen LogP contribution in [0.5, 0.6) is 0 Å². The Labute approximate surface area is 105 Å². The topological polar surface area (TPSA) is 24.9 Å². The van der Waals surface area contributed by atoms with Crippen LogP contribution >= 0.6 is 0 Å². The molecule has 0 saturated heterocycles. The van der Waals surface area contributed by atoms with E-state index in [-0.39, 0.29) is 0 Å². The summed E-state index contributed by atoms with van der Waals surface area (Å²) < 4.78 is 0. The van der Waals surface area contributed by atoms with Gasteiger partial charge in [-0.2, -0.15) is 0 Å². The van der Waals surface area contributed by atoms with E-state index in [9.17, 15) is 0 Å². The molecular formula is C15H24N2. The van der Waals surface area contributed by atoms with Crippen molar-refractivity contribution < 1.29 is 0 Å². The summed E-state index contributed by atoms with van der Waals surface area (Å²) in [6, 6.07) is 4.42. The number of rotatable bonds is 4. The van der Waals surface area contributed by atoms with Crippen molar-refractivity contribution in [2.24, 2.45) is 5.92 Å². The second-order valence-corrected chi connectivity index (χ2v) is 5.19. The number of hydrogen-bond acceptors (Lipinski definition) is 2. The first kappa shape index (κ1) is 12.6. The van der Waals surface area contributed by atoms with E-state index in [1.165, 1.54) is 31.2 Å². The predicted octanol–water partition coefficient (Wildman–Crippen LogP) is 3.27. The lowest BCUT2D eigenvalue weighted by molar-refractivity contribution is 0.297. The molecule has 0 spiro atoms. The van der Waals surface area contributed by atoms with Gasteiger partial charge in [0.15, 0.2) is 0 Å². The number of nitrogens with zero attached hydrogens (tertiary/aromatic N) is 1. The summed E-state index contributed by atoms with van der Waals surface area (Å²) in [7, 11) is 0. The lowest BCUT2D eigenvalue weighted by Gasteiger charge is -2.32.